The van der Waals surface area contributed by atoms with Crippen LogP contribution in [0.5, 0.6) is 0 Å². The number of imide groups is 1. The van der Waals surface area contributed by atoms with Crippen molar-refractivity contribution < 1.29 is 19.2 Å². The fraction of sp³-hybridized carbons (Fsp3) is 0.800. The van der Waals surface area contributed by atoms with E-state index in [1.165, 1.54) is 0 Å². The van der Waals surface area contributed by atoms with E-state index in [-0.39, 0.29) is 30.2 Å². The predicted molar refractivity (Wildman–Crippen MR) is 105 cm³/mol. The molecule has 2 saturated heterocycles. The molecule has 2 atom stereocenters. The van der Waals surface area contributed by atoms with Crippen molar-refractivity contribution in [2.24, 2.45) is 5.92 Å². The van der Waals surface area contributed by atoms with Crippen LogP contribution in [0.25, 0.3) is 0 Å². The smallest absolute Gasteiger partial charge is 0.325 e. The minimum absolute atomic E-state index is 0.0403. The number of hydrogen-bond acceptors (Lipinski definition) is 5. The Balaban J connectivity index is 1.28. The molecule has 0 bridgehead atoms. The van der Waals surface area contributed by atoms with Crippen LogP contribution in [-0.4, -0.2) is 89.3 Å². The first-order valence-electron chi connectivity index (χ1n) is 10.8. The number of nitrogens with one attached hydrogen (secondary N) is 2. The number of carbonyl (C=O) groups excluding carboxylic acids is 4. The SMILES string of the molecule is CC1CCCCC12NC(=O)N(CC(=O)N1CCN(CC(=O)NC3CC3)CC1)C2=O. The summed E-state index contributed by atoms with van der Waals surface area (Å²) in [7, 11) is 0. The summed E-state index contributed by atoms with van der Waals surface area (Å²) in [4.78, 5) is 55.0. The van der Waals surface area contributed by atoms with Crippen LogP contribution in [-0.2, 0) is 14.4 Å². The van der Waals surface area contributed by atoms with E-state index in [2.05, 4.69) is 10.6 Å². The van der Waals surface area contributed by atoms with Gasteiger partial charge in [0.15, 0.2) is 0 Å². The van der Waals surface area contributed by atoms with Crippen LogP contribution in [0, 0.1) is 5.92 Å². The largest absolute Gasteiger partial charge is 0.352 e. The molecule has 4 rings (SSSR count). The van der Waals surface area contributed by atoms with Gasteiger partial charge in [0.2, 0.25) is 11.8 Å². The molecule has 9 nitrogen and oxygen atoms in total. The summed E-state index contributed by atoms with van der Waals surface area (Å²) < 4.78 is 0. The van der Waals surface area contributed by atoms with Gasteiger partial charge in [-0.2, -0.15) is 0 Å². The van der Waals surface area contributed by atoms with E-state index in [4.69, 9.17) is 0 Å². The molecule has 4 aliphatic rings. The third-order valence-electron chi connectivity index (χ3n) is 6.83. The maximum atomic E-state index is 13.0. The highest BCUT2D eigenvalue weighted by atomic mass is 16.2. The van der Waals surface area contributed by atoms with Crippen LogP contribution in [0.3, 0.4) is 0 Å². The number of amides is 5. The van der Waals surface area contributed by atoms with E-state index in [0.717, 1.165) is 37.0 Å². The number of piperazine rings is 1. The second kappa shape index (κ2) is 7.93. The highest BCUT2D eigenvalue weighted by molar-refractivity contribution is 6.09. The quantitative estimate of drug-likeness (QED) is 0.623. The van der Waals surface area contributed by atoms with Gasteiger partial charge in [-0.15, -0.1) is 0 Å². The first kappa shape index (κ1) is 20.1. The zero-order chi connectivity index (χ0) is 20.6. The lowest BCUT2D eigenvalue weighted by Gasteiger charge is -2.37. The van der Waals surface area contributed by atoms with Crippen molar-refractivity contribution in [2.45, 2.75) is 57.0 Å². The molecule has 5 amide bonds. The molecule has 2 aliphatic heterocycles. The molecule has 0 aromatic rings. The fourth-order valence-electron chi connectivity index (χ4n) is 4.73. The second-order valence-corrected chi connectivity index (χ2v) is 8.94. The highest BCUT2D eigenvalue weighted by Crippen LogP contribution is 2.38. The van der Waals surface area contributed by atoms with Crippen molar-refractivity contribution in [1.82, 2.24) is 25.3 Å². The number of hydrogen-bond donors (Lipinski definition) is 2. The lowest BCUT2D eigenvalue weighted by molar-refractivity contribution is -0.141. The summed E-state index contributed by atoms with van der Waals surface area (Å²) >= 11 is 0. The van der Waals surface area contributed by atoms with Gasteiger partial charge in [-0.05, 0) is 31.6 Å². The molecule has 2 aliphatic carbocycles. The van der Waals surface area contributed by atoms with E-state index >= 15 is 0 Å². The second-order valence-electron chi connectivity index (χ2n) is 8.94. The molecule has 2 saturated carbocycles. The van der Waals surface area contributed by atoms with E-state index in [9.17, 15) is 19.2 Å². The van der Waals surface area contributed by atoms with Gasteiger partial charge < -0.3 is 15.5 Å². The summed E-state index contributed by atoms with van der Waals surface area (Å²) in [6.07, 6.45) is 5.66. The van der Waals surface area contributed by atoms with E-state index < -0.39 is 11.6 Å². The Morgan fingerprint density at radius 3 is 2.45 bits per heavy atom. The molecule has 2 N–H and O–H groups in total. The summed E-state index contributed by atoms with van der Waals surface area (Å²) in [5.74, 6) is -0.342. The monoisotopic (exact) mass is 405 g/mol. The van der Waals surface area contributed by atoms with E-state index in [1.807, 2.05) is 11.8 Å². The van der Waals surface area contributed by atoms with Crippen LogP contribution in [0.15, 0.2) is 0 Å². The zero-order valence-electron chi connectivity index (χ0n) is 17.1. The average Bonchev–Trinajstić information content (AvgIpc) is 3.47. The van der Waals surface area contributed by atoms with Gasteiger partial charge in [0.05, 0.1) is 6.54 Å². The Morgan fingerprint density at radius 1 is 1.07 bits per heavy atom. The van der Waals surface area contributed by atoms with Gasteiger partial charge in [-0.25, -0.2) is 4.79 Å². The Kier molecular flexibility index (Phi) is 5.50. The highest BCUT2D eigenvalue weighted by Gasteiger charge is 2.55. The van der Waals surface area contributed by atoms with Crippen molar-refractivity contribution in [1.29, 1.82) is 0 Å². The Hall–Kier alpha value is -2.16. The standard InChI is InChI=1S/C20H31N5O4/c1-14-4-2-3-7-20(14)18(28)25(19(29)22-20)13-17(27)24-10-8-23(9-11-24)12-16(26)21-15-5-6-15/h14-15H,2-13H2,1H3,(H,21,26)(H,22,29). The molecule has 9 heteroatoms. The van der Waals surface area contributed by atoms with Crippen molar-refractivity contribution in [3.63, 3.8) is 0 Å². The predicted octanol–water partition coefficient (Wildman–Crippen LogP) is -0.0901. The molecule has 1 spiro atoms. The van der Waals surface area contributed by atoms with Crippen molar-refractivity contribution in [2.75, 3.05) is 39.3 Å². The van der Waals surface area contributed by atoms with Crippen LogP contribution >= 0.6 is 0 Å². The third-order valence-corrected chi connectivity index (χ3v) is 6.83. The van der Waals surface area contributed by atoms with E-state index in [1.54, 1.807) is 4.90 Å². The minimum atomic E-state index is -0.830. The minimum Gasteiger partial charge on any atom is -0.352 e. The van der Waals surface area contributed by atoms with Crippen LogP contribution in [0.1, 0.15) is 45.4 Å². The number of carbonyl (C=O) groups is 4. The molecule has 0 radical (unpaired) electrons. The Bertz CT molecular complexity index is 701. The van der Waals surface area contributed by atoms with Gasteiger partial charge in [-0.1, -0.05) is 19.8 Å². The normalized spacial score (nSPS) is 30.6. The summed E-state index contributed by atoms with van der Waals surface area (Å²) in [6.45, 7) is 4.38. The molecule has 29 heavy (non-hydrogen) atoms. The Morgan fingerprint density at radius 2 is 1.79 bits per heavy atom. The molecule has 160 valence electrons. The maximum absolute atomic E-state index is 13.0. The number of rotatable bonds is 5. The summed E-state index contributed by atoms with van der Waals surface area (Å²) in [5.41, 5.74) is -0.830. The van der Waals surface area contributed by atoms with Gasteiger partial charge in [0, 0.05) is 32.2 Å². The van der Waals surface area contributed by atoms with E-state index in [0.29, 0.717) is 45.2 Å². The molecule has 4 fully saturated rings. The lowest BCUT2D eigenvalue weighted by atomic mass is 9.73. The third kappa shape index (κ3) is 4.10. The molecule has 2 heterocycles. The van der Waals surface area contributed by atoms with Gasteiger partial charge in [-0.3, -0.25) is 24.2 Å². The number of urea groups is 1. The molecule has 2 unspecified atom stereocenters. The lowest BCUT2D eigenvalue weighted by Crippen LogP contribution is -2.55. The van der Waals surface area contributed by atoms with Crippen LogP contribution in [0.4, 0.5) is 4.79 Å². The van der Waals surface area contributed by atoms with Gasteiger partial charge in [0.1, 0.15) is 12.1 Å². The first-order valence-corrected chi connectivity index (χ1v) is 10.8. The molecular weight excluding hydrogens is 374 g/mol. The fourth-order valence-corrected chi connectivity index (χ4v) is 4.73. The zero-order valence-corrected chi connectivity index (χ0v) is 17.1. The number of nitrogens with zero attached hydrogens (tertiary/aromatic N) is 3. The van der Waals surface area contributed by atoms with Gasteiger partial charge in [0.25, 0.3) is 5.91 Å². The van der Waals surface area contributed by atoms with Crippen molar-refractivity contribution >= 4 is 23.8 Å². The first-order chi connectivity index (χ1) is 13.9. The summed E-state index contributed by atoms with van der Waals surface area (Å²) in [5, 5.41) is 5.87. The average molecular weight is 405 g/mol. The molecular formula is C20H31N5O4. The van der Waals surface area contributed by atoms with Crippen LogP contribution in [0.2, 0.25) is 0 Å². The topological polar surface area (TPSA) is 102 Å². The summed E-state index contributed by atoms with van der Waals surface area (Å²) in [6, 6.07) is -0.0998. The van der Waals surface area contributed by atoms with Crippen molar-refractivity contribution in [3.8, 4) is 0 Å². The van der Waals surface area contributed by atoms with Gasteiger partial charge >= 0.3 is 6.03 Å². The van der Waals surface area contributed by atoms with Crippen molar-refractivity contribution in [3.05, 3.63) is 0 Å². The molecule has 0 aromatic heterocycles. The maximum Gasteiger partial charge on any atom is 0.325 e. The Labute approximate surface area is 171 Å². The molecule has 0 aromatic carbocycles. The van der Waals surface area contributed by atoms with Crippen LogP contribution < -0.4 is 10.6 Å².